The van der Waals surface area contributed by atoms with Crippen molar-refractivity contribution in [3.05, 3.63) is 58.4 Å². The number of hydrogen-bond acceptors (Lipinski definition) is 3. The lowest BCUT2D eigenvalue weighted by molar-refractivity contribution is 0.599. The second-order valence-electron chi connectivity index (χ2n) is 3.83. The van der Waals surface area contributed by atoms with Crippen LogP contribution in [0.2, 0.25) is 0 Å². The van der Waals surface area contributed by atoms with Crippen molar-refractivity contribution in [3.63, 3.8) is 0 Å². The van der Waals surface area contributed by atoms with Gasteiger partial charge in [-0.3, -0.25) is 4.72 Å². The molecule has 4 nitrogen and oxygen atoms in total. The van der Waals surface area contributed by atoms with Gasteiger partial charge >= 0.3 is 0 Å². The zero-order chi connectivity index (χ0) is 13.9. The molecular formula is C12H10BrFN2O2S. The lowest BCUT2D eigenvalue weighted by Crippen LogP contribution is -2.15. The molecule has 0 amide bonds. The molecular weight excluding hydrogens is 335 g/mol. The minimum atomic E-state index is -3.57. The summed E-state index contributed by atoms with van der Waals surface area (Å²) in [6, 6.07) is 10.2. The fourth-order valence-corrected chi connectivity index (χ4v) is 2.94. The third kappa shape index (κ3) is 4.29. The minimum Gasteiger partial charge on any atom is -0.267 e. The highest BCUT2D eigenvalue weighted by Crippen LogP contribution is 2.14. The number of rotatable bonds is 4. The van der Waals surface area contributed by atoms with Crippen LogP contribution in [0.25, 0.3) is 0 Å². The number of sulfonamides is 1. The van der Waals surface area contributed by atoms with Crippen LogP contribution in [0.3, 0.4) is 0 Å². The van der Waals surface area contributed by atoms with E-state index in [0.29, 0.717) is 10.2 Å². The number of nitrogens with one attached hydrogen (secondary N) is 1. The third-order valence-corrected chi connectivity index (χ3v) is 3.92. The monoisotopic (exact) mass is 344 g/mol. The second-order valence-corrected chi connectivity index (χ2v) is 6.37. The summed E-state index contributed by atoms with van der Waals surface area (Å²) in [5.41, 5.74) is 0.504. The number of halogens is 2. The van der Waals surface area contributed by atoms with Gasteiger partial charge in [0.1, 0.15) is 16.2 Å². The van der Waals surface area contributed by atoms with E-state index in [2.05, 4.69) is 25.6 Å². The zero-order valence-electron chi connectivity index (χ0n) is 9.68. The molecule has 19 heavy (non-hydrogen) atoms. The normalized spacial score (nSPS) is 11.3. The topological polar surface area (TPSA) is 59.1 Å². The Bertz CT molecular complexity index is 674. The van der Waals surface area contributed by atoms with E-state index in [0.717, 1.165) is 0 Å². The van der Waals surface area contributed by atoms with E-state index in [1.165, 1.54) is 24.3 Å². The molecule has 1 aromatic heterocycles. The molecule has 0 unspecified atom stereocenters. The molecule has 1 aromatic carbocycles. The SMILES string of the molecule is O=S(=O)(Cc1ccc(F)cc1)Nc1cccc(Br)n1. The molecule has 0 spiro atoms. The molecule has 1 N–H and O–H groups in total. The molecule has 2 aromatic rings. The van der Waals surface area contributed by atoms with Gasteiger partial charge in [0, 0.05) is 0 Å². The van der Waals surface area contributed by atoms with E-state index >= 15 is 0 Å². The Morgan fingerprint density at radius 1 is 1.16 bits per heavy atom. The van der Waals surface area contributed by atoms with Crippen LogP contribution in [0, 0.1) is 5.82 Å². The summed E-state index contributed by atoms with van der Waals surface area (Å²) >= 11 is 3.16. The Labute approximate surface area is 118 Å². The van der Waals surface area contributed by atoms with E-state index in [1.54, 1.807) is 18.2 Å². The molecule has 0 bridgehead atoms. The van der Waals surface area contributed by atoms with Gasteiger partial charge in [-0.15, -0.1) is 0 Å². The van der Waals surface area contributed by atoms with Crippen molar-refractivity contribution in [2.24, 2.45) is 0 Å². The lowest BCUT2D eigenvalue weighted by Gasteiger charge is -2.07. The van der Waals surface area contributed by atoms with Crippen LogP contribution in [0.1, 0.15) is 5.56 Å². The van der Waals surface area contributed by atoms with Crippen molar-refractivity contribution in [1.82, 2.24) is 4.98 Å². The molecule has 100 valence electrons. The lowest BCUT2D eigenvalue weighted by atomic mass is 10.2. The smallest absolute Gasteiger partial charge is 0.238 e. The highest BCUT2D eigenvalue weighted by atomic mass is 79.9. The van der Waals surface area contributed by atoms with Crippen molar-refractivity contribution >= 4 is 31.8 Å². The Balaban J connectivity index is 2.13. The van der Waals surface area contributed by atoms with Crippen molar-refractivity contribution in [2.75, 3.05) is 4.72 Å². The van der Waals surface area contributed by atoms with Gasteiger partial charge in [0.15, 0.2) is 0 Å². The van der Waals surface area contributed by atoms with Crippen LogP contribution < -0.4 is 4.72 Å². The van der Waals surface area contributed by atoms with Crippen molar-refractivity contribution in [3.8, 4) is 0 Å². The molecule has 0 saturated heterocycles. The maximum absolute atomic E-state index is 12.7. The largest absolute Gasteiger partial charge is 0.267 e. The Morgan fingerprint density at radius 3 is 2.47 bits per heavy atom. The van der Waals surface area contributed by atoms with Crippen LogP contribution in [0.15, 0.2) is 47.1 Å². The second kappa shape index (κ2) is 5.66. The number of aromatic nitrogens is 1. The summed E-state index contributed by atoms with van der Waals surface area (Å²) < 4.78 is 39.4. The fraction of sp³-hybridized carbons (Fsp3) is 0.0833. The van der Waals surface area contributed by atoms with Crippen LogP contribution in [0.5, 0.6) is 0 Å². The third-order valence-electron chi connectivity index (χ3n) is 2.25. The van der Waals surface area contributed by atoms with Gasteiger partial charge in [-0.25, -0.2) is 17.8 Å². The molecule has 0 radical (unpaired) electrons. The van der Waals surface area contributed by atoms with Crippen molar-refractivity contribution in [2.45, 2.75) is 5.75 Å². The first-order valence-corrected chi connectivity index (χ1v) is 7.77. The summed E-state index contributed by atoms with van der Waals surface area (Å²) in [5, 5.41) is 0. The maximum atomic E-state index is 12.7. The average Bonchev–Trinajstić information content (AvgIpc) is 2.31. The molecule has 2 rings (SSSR count). The number of pyridine rings is 1. The first kappa shape index (κ1) is 14.0. The van der Waals surface area contributed by atoms with Crippen molar-refractivity contribution < 1.29 is 12.8 Å². The molecule has 0 aliphatic rings. The fourth-order valence-electron chi connectivity index (χ4n) is 1.46. The number of nitrogens with zero attached hydrogens (tertiary/aromatic N) is 1. The van der Waals surface area contributed by atoms with Gasteiger partial charge < -0.3 is 0 Å². The number of benzene rings is 1. The highest BCUT2D eigenvalue weighted by molar-refractivity contribution is 9.10. The predicted molar refractivity (Wildman–Crippen MR) is 74.6 cm³/mol. The van der Waals surface area contributed by atoms with Gasteiger partial charge in [-0.05, 0) is 45.8 Å². The standard InChI is InChI=1S/C12H10BrFN2O2S/c13-11-2-1-3-12(15-11)16-19(17,18)8-9-4-6-10(14)7-5-9/h1-7H,8H2,(H,15,16). The quantitative estimate of drug-likeness (QED) is 0.867. The summed E-state index contributed by atoms with van der Waals surface area (Å²) in [5.74, 6) is -0.402. The van der Waals surface area contributed by atoms with Gasteiger partial charge in [0.05, 0.1) is 5.75 Å². The Morgan fingerprint density at radius 2 is 1.84 bits per heavy atom. The molecule has 0 aliphatic heterocycles. The van der Waals surface area contributed by atoms with Crippen LogP contribution in [-0.4, -0.2) is 13.4 Å². The van der Waals surface area contributed by atoms with E-state index < -0.39 is 15.8 Å². The van der Waals surface area contributed by atoms with Gasteiger partial charge in [-0.2, -0.15) is 0 Å². The zero-order valence-corrected chi connectivity index (χ0v) is 12.1. The summed E-state index contributed by atoms with van der Waals surface area (Å²) in [6.45, 7) is 0. The first-order chi connectivity index (χ1) is 8.94. The molecule has 0 saturated carbocycles. The van der Waals surface area contributed by atoms with E-state index in [9.17, 15) is 12.8 Å². The summed E-state index contributed by atoms with van der Waals surface area (Å²) in [4.78, 5) is 3.98. The summed E-state index contributed by atoms with van der Waals surface area (Å²) in [6.07, 6.45) is 0. The predicted octanol–water partition coefficient (Wildman–Crippen LogP) is 2.93. The molecule has 0 aliphatic carbocycles. The molecule has 0 atom stereocenters. The Kier molecular flexibility index (Phi) is 4.16. The van der Waals surface area contributed by atoms with Gasteiger partial charge in [0.25, 0.3) is 0 Å². The molecule has 0 fully saturated rings. The van der Waals surface area contributed by atoms with E-state index in [-0.39, 0.29) is 11.6 Å². The first-order valence-electron chi connectivity index (χ1n) is 5.32. The van der Waals surface area contributed by atoms with Crippen LogP contribution >= 0.6 is 15.9 Å². The highest BCUT2D eigenvalue weighted by Gasteiger charge is 2.12. The van der Waals surface area contributed by atoms with Crippen LogP contribution in [0.4, 0.5) is 10.2 Å². The molecule has 7 heteroatoms. The Hall–Kier alpha value is -1.47. The van der Waals surface area contributed by atoms with Gasteiger partial charge in [-0.1, -0.05) is 18.2 Å². The number of anilines is 1. The maximum Gasteiger partial charge on any atom is 0.238 e. The minimum absolute atomic E-state index is 0.233. The van der Waals surface area contributed by atoms with E-state index in [4.69, 9.17) is 0 Å². The number of hydrogen-bond donors (Lipinski definition) is 1. The van der Waals surface area contributed by atoms with Crippen LogP contribution in [-0.2, 0) is 15.8 Å². The molecule has 1 heterocycles. The van der Waals surface area contributed by atoms with E-state index in [1.807, 2.05) is 0 Å². The summed E-state index contributed by atoms with van der Waals surface area (Å²) in [7, 11) is -3.57. The van der Waals surface area contributed by atoms with Gasteiger partial charge in [0.2, 0.25) is 10.0 Å². The average molecular weight is 345 g/mol. The van der Waals surface area contributed by atoms with Crippen molar-refractivity contribution in [1.29, 1.82) is 0 Å².